The molecule has 1 heterocycles. The number of hydrogen-bond acceptors (Lipinski definition) is 6. The monoisotopic (exact) mass is 433 g/mol. The van der Waals surface area contributed by atoms with Gasteiger partial charge in [-0.3, -0.25) is 14.9 Å². The van der Waals surface area contributed by atoms with E-state index in [9.17, 15) is 9.59 Å². The van der Waals surface area contributed by atoms with Crippen LogP contribution in [0.2, 0.25) is 0 Å². The molecule has 7 nitrogen and oxygen atoms in total. The molecule has 0 spiro atoms. The minimum atomic E-state index is -0.494. The maximum absolute atomic E-state index is 12.6. The summed E-state index contributed by atoms with van der Waals surface area (Å²) < 4.78 is 10.4. The van der Waals surface area contributed by atoms with Crippen LogP contribution in [-0.4, -0.2) is 31.1 Å². The number of thiocarbonyl (C=S) groups is 1. The van der Waals surface area contributed by atoms with Gasteiger partial charge in [0.15, 0.2) is 5.11 Å². The third-order valence-electron chi connectivity index (χ3n) is 4.83. The SMILES string of the molecule is COc1cc(OC)cc(C(=O)NC(=S)Nc2sc3c(c2C(N)=O)CCC(C)C3)c1. The van der Waals surface area contributed by atoms with Crippen molar-refractivity contribution in [1.82, 2.24) is 5.32 Å². The lowest BCUT2D eigenvalue weighted by Gasteiger charge is -2.18. The van der Waals surface area contributed by atoms with Crippen LogP contribution in [0.5, 0.6) is 11.5 Å². The van der Waals surface area contributed by atoms with Crippen LogP contribution >= 0.6 is 23.6 Å². The number of benzene rings is 1. The number of primary amides is 1. The lowest BCUT2D eigenvalue weighted by molar-refractivity contribution is 0.0975. The highest BCUT2D eigenvalue weighted by Gasteiger charge is 2.27. The second kappa shape index (κ2) is 8.79. The van der Waals surface area contributed by atoms with Crippen molar-refractivity contribution in [3.63, 3.8) is 0 Å². The van der Waals surface area contributed by atoms with Crippen LogP contribution in [0.1, 0.15) is 44.5 Å². The zero-order valence-electron chi connectivity index (χ0n) is 16.5. The number of amides is 2. The Bertz CT molecular complexity index is 949. The molecule has 0 aliphatic heterocycles. The largest absolute Gasteiger partial charge is 0.497 e. The van der Waals surface area contributed by atoms with Gasteiger partial charge in [-0.1, -0.05) is 6.92 Å². The van der Waals surface area contributed by atoms with Crippen molar-refractivity contribution in [2.24, 2.45) is 11.7 Å². The van der Waals surface area contributed by atoms with Gasteiger partial charge in [0, 0.05) is 16.5 Å². The van der Waals surface area contributed by atoms with E-state index in [2.05, 4.69) is 17.6 Å². The number of methoxy groups -OCH3 is 2. The van der Waals surface area contributed by atoms with Gasteiger partial charge in [0.25, 0.3) is 11.8 Å². The van der Waals surface area contributed by atoms with E-state index in [4.69, 9.17) is 27.4 Å². The fraction of sp³-hybridized carbons (Fsp3) is 0.350. The van der Waals surface area contributed by atoms with Gasteiger partial charge in [-0.25, -0.2) is 0 Å². The molecule has 154 valence electrons. The van der Waals surface area contributed by atoms with Gasteiger partial charge in [0.05, 0.1) is 19.8 Å². The number of thiophene rings is 1. The van der Waals surface area contributed by atoms with Gasteiger partial charge in [0.1, 0.15) is 16.5 Å². The standard InChI is InChI=1S/C20H23N3O4S2/c1-10-4-5-14-15(6-10)29-19(16(14)17(21)24)23-20(28)22-18(25)11-7-12(26-2)9-13(8-11)27-3/h7-10H,4-6H2,1-3H3,(H2,21,24)(H2,22,23,25,28). The first-order valence-corrected chi connectivity index (χ1v) is 10.3. The van der Waals surface area contributed by atoms with E-state index in [-0.39, 0.29) is 5.11 Å². The number of rotatable bonds is 5. The topological polar surface area (TPSA) is 103 Å². The number of nitrogens with one attached hydrogen (secondary N) is 2. The van der Waals surface area contributed by atoms with Crippen LogP contribution < -0.4 is 25.8 Å². The molecule has 1 aromatic heterocycles. The Labute approximate surface area is 178 Å². The Morgan fingerprint density at radius 3 is 2.45 bits per heavy atom. The smallest absolute Gasteiger partial charge is 0.257 e. The summed E-state index contributed by atoms with van der Waals surface area (Å²) >= 11 is 6.76. The second-order valence-corrected chi connectivity index (χ2v) is 8.44. The molecule has 0 saturated heterocycles. The second-order valence-electron chi connectivity index (χ2n) is 6.93. The molecule has 1 aliphatic carbocycles. The number of fused-ring (bicyclic) bond motifs is 1. The maximum atomic E-state index is 12.6. The molecule has 0 radical (unpaired) electrons. The molecule has 4 N–H and O–H groups in total. The van der Waals surface area contributed by atoms with E-state index in [1.165, 1.54) is 25.6 Å². The average molecular weight is 434 g/mol. The number of anilines is 1. The van der Waals surface area contributed by atoms with Crippen molar-refractivity contribution in [3.05, 3.63) is 39.8 Å². The highest BCUT2D eigenvalue weighted by molar-refractivity contribution is 7.80. The van der Waals surface area contributed by atoms with Gasteiger partial charge >= 0.3 is 0 Å². The molecule has 2 aromatic rings. The summed E-state index contributed by atoms with van der Waals surface area (Å²) in [7, 11) is 3.01. The number of hydrogen-bond donors (Lipinski definition) is 3. The molecular formula is C20H23N3O4S2. The molecule has 29 heavy (non-hydrogen) atoms. The van der Waals surface area contributed by atoms with E-state index in [1.54, 1.807) is 18.2 Å². The maximum Gasteiger partial charge on any atom is 0.257 e. The van der Waals surface area contributed by atoms with Gasteiger partial charge in [-0.05, 0) is 55.1 Å². The molecule has 1 atom stereocenters. The Kier molecular flexibility index (Phi) is 6.39. The van der Waals surface area contributed by atoms with Gasteiger partial charge in [0.2, 0.25) is 0 Å². The number of nitrogens with two attached hydrogens (primary N) is 1. The van der Waals surface area contributed by atoms with E-state index in [1.807, 2.05) is 0 Å². The minimum Gasteiger partial charge on any atom is -0.497 e. The van der Waals surface area contributed by atoms with E-state index in [0.29, 0.717) is 33.5 Å². The van der Waals surface area contributed by atoms with Crippen molar-refractivity contribution in [3.8, 4) is 11.5 Å². The minimum absolute atomic E-state index is 0.0888. The lowest BCUT2D eigenvalue weighted by Crippen LogP contribution is -2.34. The van der Waals surface area contributed by atoms with Crippen LogP contribution in [0.3, 0.4) is 0 Å². The Morgan fingerprint density at radius 2 is 1.86 bits per heavy atom. The Balaban J connectivity index is 1.78. The first-order valence-electron chi connectivity index (χ1n) is 9.12. The third-order valence-corrected chi connectivity index (χ3v) is 6.20. The normalized spacial score (nSPS) is 15.2. The summed E-state index contributed by atoms with van der Waals surface area (Å²) in [5.74, 6) is 0.625. The van der Waals surface area contributed by atoms with Gasteiger partial charge in [-0.2, -0.15) is 0 Å². The molecule has 1 aliphatic rings. The molecule has 3 rings (SSSR count). The molecular weight excluding hydrogens is 410 g/mol. The molecule has 0 fully saturated rings. The summed E-state index contributed by atoms with van der Waals surface area (Å²) in [4.78, 5) is 25.8. The van der Waals surface area contributed by atoms with E-state index >= 15 is 0 Å². The van der Waals surface area contributed by atoms with Gasteiger partial charge in [-0.15, -0.1) is 11.3 Å². The highest BCUT2D eigenvalue weighted by Crippen LogP contribution is 2.39. The predicted octanol–water partition coefficient (Wildman–Crippen LogP) is 3.12. The molecule has 2 amide bonds. The number of ether oxygens (including phenoxy) is 2. The van der Waals surface area contributed by atoms with Crippen molar-refractivity contribution in [2.75, 3.05) is 19.5 Å². The average Bonchev–Trinajstić information content (AvgIpc) is 3.03. The number of carbonyl (C=O) groups is 2. The van der Waals surface area contributed by atoms with Crippen molar-refractivity contribution in [1.29, 1.82) is 0 Å². The van der Waals surface area contributed by atoms with E-state index < -0.39 is 11.8 Å². The van der Waals surface area contributed by atoms with Crippen molar-refractivity contribution >= 4 is 45.5 Å². The Hall–Kier alpha value is -2.65. The molecule has 1 unspecified atom stereocenters. The quantitative estimate of drug-likeness (QED) is 0.626. The predicted molar refractivity (Wildman–Crippen MR) is 117 cm³/mol. The summed E-state index contributed by atoms with van der Waals surface area (Å²) in [6.07, 6.45) is 2.74. The van der Waals surface area contributed by atoms with E-state index in [0.717, 1.165) is 29.7 Å². The lowest BCUT2D eigenvalue weighted by atomic mass is 9.88. The first kappa shape index (κ1) is 21.1. The van der Waals surface area contributed by atoms with Crippen LogP contribution in [0.25, 0.3) is 0 Å². The molecule has 1 aromatic carbocycles. The molecule has 9 heteroatoms. The van der Waals surface area contributed by atoms with Gasteiger partial charge < -0.3 is 20.5 Å². The molecule has 0 saturated carbocycles. The van der Waals surface area contributed by atoms with Crippen molar-refractivity contribution in [2.45, 2.75) is 26.2 Å². The summed E-state index contributed by atoms with van der Waals surface area (Å²) in [6.45, 7) is 2.19. The zero-order valence-corrected chi connectivity index (χ0v) is 18.1. The summed E-state index contributed by atoms with van der Waals surface area (Å²) in [5, 5.41) is 6.27. The summed E-state index contributed by atoms with van der Waals surface area (Å²) in [5.41, 5.74) is 7.42. The van der Waals surface area contributed by atoms with Crippen LogP contribution in [-0.2, 0) is 12.8 Å². The molecule has 0 bridgehead atoms. The third kappa shape index (κ3) is 4.68. The fourth-order valence-corrected chi connectivity index (χ4v) is 5.03. The summed E-state index contributed by atoms with van der Waals surface area (Å²) in [6, 6.07) is 4.84. The first-order chi connectivity index (χ1) is 13.8. The zero-order chi connectivity index (χ0) is 21.1. The number of carbonyl (C=O) groups excluding carboxylic acids is 2. The van der Waals surface area contributed by atoms with Crippen LogP contribution in [0, 0.1) is 5.92 Å². The van der Waals surface area contributed by atoms with Crippen molar-refractivity contribution < 1.29 is 19.1 Å². The van der Waals surface area contributed by atoms with Crippen LogP contribution in [0.15, 0.2) is 18.2 Å². The Morgan fingerprint density at radius 1 is 1.21 bits per heavy atom. The highest BCUT2D eigenvalue weighted by atomic mass is 32.1. The fourth-order valence-electron chi connectivity index (χ4n) is 3.35. The van der Waals surface area contributed by atoms with Crippen LogP contribution in [0.4, 0.5) is 5.00 Å².